The van der Waals surface area contributed by atoms with Crippen molar-refractivity contribution >= 4 is 0 Å². The van der Waals surface area contributed by atoms with Crippen molar-refractivity contribution in [1.82, 2.24) is 9.55 Å². The lowest BCUT2D eigenvalue weighted by Crippen LogP contribution is -2.42. The first-order chi connectivity index (χ1) is 9.08. The van der Waals surface area contributed by atoms with Crippen LogP contribution in [0, 0.1) is 6.92 Å². The van der Waals surface area contributed by atoms with Crippen LogP contribution in [-0.4, -0.2) is 15.1 Å². The van der Waals surface area contributed by atoms with Crippen molar-refractivity contribution in [3.63, 3.8) is 0 Å². The zero-order chi connectivity index (χ0) is 13.9. The maximum atomic E-state index is 6.42. The monoisotopic (exact) mass is 257 g/mol. The summed E-state index contributed by atoms with van der Waals surface area (Å²) >= 11 is 0. The zero-order valence-electron chi connectivity index (χ0n) is 12.1. The van der Waals surface area contributed by atoms with Crippen molar-refractivity contribution in [2.75, 3.05) is 0 Å². The Morgan fingerprint density at radius 3 is 2.63 bits per heavy atom. The lowest BCUT2D eigenvalue weighted by molar-refractivity contribution is 0.340. The molecule has 0 aliphatic heterocycles. The Hall–Kier alpha value is -1.61. The highest BCUT2D eigenvalue weighted by Crippen LogP contribution is 2.23. The average molecular weight is 257 g/mol. The summed E-state index contributed by atoms with van der Waals surface area (Å²) in [7, 11) is 0. The van der Waals surface area contributed by atoms with Gasteiger partial charge in [0.2, 0.25) is 0 Å². The Labute approximate surface area is 115 Å². The van der Waals surface area contributed by atoms with E-state index < -0.39 is 0 Å². The number of imidazole rings is 1. The van der Waals surface area contributed by atoms with Gasteiger partial charge in [-0.05, 0) is 25.8 Å². The minimum Gasteiger partial charge on any atom is -0.329 e. The van der Waals surface area contributed by atoms with E-state index >= 15 is 0 Å². The largest absolute Gasteiger partial charge is 0.329 e. The van der Waals surface area contributed by atoms with E-state index in [0.29, 0.717) is 0 Å². The van der Waals surface area contributed by atoms with Gasteiger partial charge in [-0.3, -0.25) is 0 Å². The Bertz CT molecular complexity index is 538. The van der Waals surface area contributed by atoms with Gasteiger partial charge in [0.05, 0.1) is 18.2 Å². The molecule has 2 N–H and O–H groups in total. The summed E-state index contributed by atoms with van der Waals surface area (Å²) in [5.41, 5.74) is 9.86. The Kier molecular flexibility index (Phi) is 4.05. The number of hydrogen-bond acceptors (Lipinski definition) is 2. The number of benzene rings is 1. The van der Waals surface area contributed by atoms with Crippen LogP contribution in [0.2, 0.25) is 0 Å². The van der Waals surface area contributed by atoms with Crippen molar-refractivity contribution in [2.24, 2.45) is 5.73 Å². The second kappa shape index (κ2) is 5.57. The molecule has 0 aliphatic rings. The van der Waals surface area contributed by atoms with Gasteiger partial charge in [-0.1, -0.05) is 37.6 Å². The fraction of sp³-hybridized carbons (Fsp3) is 0.438. The average Bonchev–Trinajstić information content (AvgIpc) is 2.86. The van der Waals surface area contributed by atoms with Gasteiger partial charge in [0, 0.05) is 17.6 Å². The second-order valence-electron chi connectivity index (χ2n) is 5.35. The molecular weight excluding hydrogens is 234 g/mol. The molecule has 0 fully saturated rings. The maximum Gasteiger partial charge on any atom is 0.0951 e. The number of aryl methyl sites for hydroxylation is 1. The molecule has 0 spiro atoms. The van der Waals surface area contributed by atoms with E-state index in [0.717, 1.165) is 25.1 Å². The third-order valence-electron chi connectivity index (χ3n) is 3.92. The molecule has 2 aromatic rings. The molecule has 0 saturated heterocycles. The molecule has 0 amide bonds. The van der Waals surface area contributed by atoms with Crippen LogP contribution in [0.1, 0.15) is 32.3 Å². The van der Waals surface area contributed by atoms with Crippen LogP contribution in [0.25, 0.3) is 11.3 Å². The molecule has 3 heteroatoms. The number of rotatable bonds is 5. The van der Waals surface area contributed by atoms with Gasteiger partial charge in [0.25, 0.3) is 0 Å². The first-order valence-electron chi connectivity index (χ1n) is 6.94. The van der Waals surface area contributed by atoms with E-state index in [1.165, 1.54) is 11.1 Å². The van der Waals surface area contributed by atoms with Crippen molar-refractivity contribution in [3.8, 4) is 11.3 Å². The van der Waals surface area contributed by atoms with Gasteiger partial charge in [0.1, 0.15) is 0 Å². The zero-order valence-corrected chi connectivity index (χ0v) is 12.1. The molecule has 0 bridgehead atoms. The molecule has 0 saturated carbocycles. The molecular formula is C16H23N3. The standard InChI is InChI=1S/C16H23N3/c1-4-16(17,5-2)11-19-12-18-10-15(19)14-8-6-7-13(3)9-14/h6-10,12H,4-5,11,17H2,1-3H3. The van der Waals surface area contributed by atoms with Crippen LogP contribution in [0.5, 0.6) is 0 Å². The molecule has 1 aromatic carbocycles. The maximum absolute atomic E-state index is 6.42. The molecule has 2 rings (SSSR count). The predicted octanol–water partition coefficient (Wildman–Crippen LogP) is 3.38. The normalized spacial score (nSPS) is 11.8. The lowest BCUT2D eigenvalue weighted by atomic mass is 9.94. The summed E-state index contributed by atoms with van der Waals surface area (Å²) in [6, 6.07) is 8.49. The van der Waals surface area contributed by atoms with Gasteiger partial charge in [-0.15, -0.1) is 0 Å². The highest BCUT2D eigenvalue weighted by atomic mass is 15.1. The van der Waals surface area contributed by atoms with Crippen molar-refractivity contribution < 1.29 is 0 Å². The van der Waals surface area contributed by atoms with E-state index in [1.54, 1.807) is 0 Å². The summed E-state index contributed by atoms with van der Waals surface area (Å²) < 4.78 is 2.17. The van der Waals surface area contributed by atoms with Crippen LogP contribution in [0.15, 0.2) is 36.8 Å². The van der Waals surface area contributed by atoms with E-state index in [-0.39, 0.29) is 5.54 Å². The molecule has 102 valence electrons. The van der Waals surface area contributed by atoms with Gasteiger partial charge in [-0.25, -0.2) is 4.98 Å². The van der Waals surface area contributed by atoms with Gasteiger partial charge < -0.3 is 10.3 Å². The van der Waals surface area contributed by atoms with Gasteiger partial charge in [0.15, 0.2) is 0 Å². The highest BCUT2D eigenvalue weighted by molar-refractivity contribution is 5.59. The van der Waals surface area contributed by atoms with E-state index in [1.807, 2.05) is 12.5 Å². The van der Waals surface area contributed by atoms with Crippen LogP contribution >= 0.6 is 0 Å². The van der Waals surface area contributed by atoms with Crippen molar-refractivity contribution in [3.05, 3.63) is 42.4 Å². The summed E-state index contributed by atoms with van der Waals surface area (Å²) in [6.07, 6.45) is 5.73. The highest BCUT2D eigenvalue weighted by Gasteiger charge is 2.22. The molecule has 0 unspecified atom stereocenters. The molecule has 0 atom stereocenters. The summed E-state index contributed by atoms with van der Waals surface area (Å²) in [6.45, 7) is 7.21. The first kappa shape index (κ1) is 13.8. The third kappa shape index (κ3) is 3.04. The van der Waals surface area contributed by atoms with E-state index in [2.05, 4.69) is 54.6 Å². The summed E-state index contributed by atoms with van der Waals surface area (Å²) in [5.74, 6) is 0. The minimum atomic E-state index is -0.153. The van der Waals surface area contributed by atoms with Crippen LogP contribution < -0.4 is 5.73 Å². The SMILES string of the molecule is CCC(N)(CC)Cn1cncc1-c1cccc(C)c1. The van der Waals surface area contributed by atoms with Crippen molar-refractivity contribution in [2.45, 2.75) is 45.7 Å². The fourth-order valence-corrected chi connectivity index (χ4v) is 2.30. The lowest BCUT2D eigenvalue weighted by Gasteiger charge is -2.28. The number of hydrogen-bond donors (Lipinski definition) is 1. The summed E-state index contributed by atoms with van der Waals surface area (Å²) in [4.78, 5) is 4.29. The second-order valence-corrected chi connectivity index (χ2v) is 5.35. The quantitative estimate of drug-likeness (QED) is 0.892. The molecule has 1 aromatic heterocycles. The predicted molar refractivity (Wildman–Crippen MR) is 79.9 cm³/mol. The Morgan fingerprint density at radius 1 is 1.26 bits per heavy atom. The third-order valence-corrected chi connectivity index (χ3v) is 3.92. The molecule has 3 nitrogen and oxygen atoms in total. The Balaban J connectivity index is 2.33. The smallest absolute Gasteiger partial charge is 0.0951 e. The molecule has 1 heterocycles. The summed E-state index contributed by atoms with van der Waals surface area (Å²) in [5, 5.41) is 0. The van der Waals surface area contributed by atoms with Crippen LogP contribution in [-0.2, 0) is 6.54 Å². The fourth-order valence-electron chi connectivity index (χ4n) is 2.30. The number of aromatic nitrogens is 2. The number of nitrogens with zero attached hydrogens (tertiary/aromatic N) is 2. The molecule has 0 aliphatic carbocycles. The minimum absolute atomic E-state index is 0.153. The van der Waals surface area contributed by atoms with Gasteiger partial charge >= 0.3 is 0 Å². The Morgan fingerprint density at radius 2 is 2.00 bits per heavy atom. The van der Waals surface area contributed by atoms with Crippen LogP contribution in [0.4, 0.5) is 0 Å². The molecule has 0 radical (unpaired) electrons. The first-order valence-corrected chi connectivity index (χ1v) is 6.94. The van der Waals surface area contributed by atoms with E-state index in [9.17, 15) is 0 Å². The van der Waals surface area contributed by atoms with Crippen LogP contribution in [0.3, 0.4) is 0 Å². The molecule has 19 heavy (non-hydrogen) atoms. The van der Waals surface area contributed by atoms with Gasteiger partial charge in [-0.2, -0.15) is 0 Å². The van der Waals surface area contributed by atoms with E-state index in [4.69, 9.17) is 5.73 Å². The topological polar surface area (TPSA) is 43.8 Å². The van der Waals surface area contributed by atoms with Crippen molar-refractivity contribution in [1.29, 1.82) is 0 Å². The number of nitrogens with two attached hydrogens (primary N) is 1.